The fourth-order valence-electron chi connectivity index (χ4n) is 8.74. The highest BCUT2D eigenvalue weighted by atomic mass is 16.5. The number of nitrogens with zero attached hydrogens (tertiary/aromatic N) is 7. The molecule has 4 N–H and O–H groups in total. The first kappa shape index (κ1) is 40.4. The maximum absolute atomic E-state index is 13.4. The summed E-state index contributed by atoms with van der Waals surface area (Å²) in [5.74, 6) is 1.67. The number of piperidine rings is 1. The number of ether oxygens (including phenoxy) is 1. The minimum absolute atomic E-state index is 0.0446. The van der Waals surface area contributed by atoms with E-state index in [0.717, 1.165) is 42.0 Å². The smallest absolute Gasteiger partial charge is 0.328 e. The number of nitrogens with one attached hydrogen (secondary N) is 2. The Bertz CT molecular complexity index is 2200. The largest absolute Gasteiger partial charge is 0.457 e. The molecule has 6 amide bonds. The molecule has 5 heterocycles. The number of carbonyl (C=O) groups is 5. The van der Waals surface area contributed by atoms with Gasteiger partial charge in [0.2, 0.25) is 17.7 Å². The molecule has 4 aliphatic rings. The molecular formula is C44H52N10O6. The standard InChI is InChI=1S/C44H52N10O6/c1-49(29-39(57)52-27-25-50(26-28-52)32-9-11-33(12-10-32)53-24-18-37(55)47-44(53)59)21-19-38(56)51-22-16-30(17-23-51)36-15-20-46-43-40(42(45)58)41(48-54(36)43)31-7-13-35(14-8-31)60-34-5-3-2-4-6-34/h2-14,30,36,46H,15-29H2,1H3,(H2,45,58)(H,47,55,59)/t36-/m0/s1. The SMILES string of the molecule is CN(CCC(=O)N1CCC([C@@H]2CCNc3c(C(N)=O)c(-c4ccc(Oc5ccccc5)cc4)nn32)CC1)CC(=O)N1CCN(c2ccc(N3CCC(=O)NC3=O)cc2)CC1. The second-order valence-corrected chi connectivity index (χ2v) is 15.9. The van der Waals surface area contributed by atoms with Crippen molar-refractivity contribution in [2.45, 2.75) is 38.1 Å². The molecule has 314 valence electrons. The van der Waals surface area contributed by atoms with Gasteiger partial charge in [-0.05, 0) is 92.9 Å². The number of amides is 6. The van der Waals surface area contributed by atoms with Crippen molar-refractivity contribution in [3.63, 3.8) is 0 Å². The number of aromatic nitrogens is 2. The Morgan fingerprint density at radius 2 is 1.47 bits per heavy atom. The van der Waals surface area contributed by atoms with E-state index in [2.05, 4.69) is 15.5 Å². The van der Waals surface area contributed by atoms with Gasteiger partial charge in [0.25, 0.3) is 5.91 Å². The number of likely N-dealkylation sites (tertiary alicyclic amines) is 1. The van der Waals surface area contributed by atoms with Gasteiger partial charge >= 0.3 is 6.03 Å². The van der Waals surface area contributed by atoms with E-state index in [1.165, 1.54) is 0 Å². The van der Waals surface area contributed by atoms with Crippen LogP contribution in [-0.4, -0.2) is 127 Å². The lowest BCUT2D eigenvalue weighted by molar-refractivity contribution is -0.135. The Balaban J connectivity index is 0.788. The van der Waals surface area contributed by atoms with Gasteiger partial charge in [0.1, 0.15) is 28.6 Å². The number of para-hydroxylation sites is 1. The monoisotopic (exact) mass is 816 g/mol. The normalized spacial score (nSPS) is 18.5. The Morgan fingerprint density at radius 3 is 2.15 bits per heavy atom. The zero-order valence-corrected chi connectivity index (χ0v) is 33.9. The summed E-state index contributed by atoms with van der Waals surface area (Å²) >= 11 is 0. The molecule has 1 atom stereocenters. The minimum Gasteiger partial charge on any atom is -0.457 e. The second-order valence-electron chi connectivity index (χ2n) is 15.9. The van der Waals surface area contributed by atoms with Gasteiger partial charge in [0.15, 0.2) is 0 Å². The fourth-order valence-corrected chi connectivity index (χ4v) is 8.74. The van der Waals surface area contributed by atoms with Crippen molar-refractivity contribution in [2.75, 3.05) is 87.6 Å². The molecule has 0 radical (unpaired) electrons. The molecule has 0 bridgehead atoms. The molecule has 0 spiro atoms. The molecule has 16 nitrogen and oxygen atoms in total. The molecule has 3 aromatic carbocycles. The number of fused-ring (bicyclic) bond motifs is 1. The molecule has 0 aliphatic carbocycles. The Morgan fingerprint density at radius 1 is 0.800 bits per heavy atom. The number of hydrogen-bond acceptors (Lipinski definition) is 10. The topological polar surface area (TPSA) is 179 Å². The number of anilines is 3. The van der Waals surface area contributed by atoms with Crippen LogP contribution in [0.1, 0.15) is 48.5 Å². The van der Waals surface area contributed by atoms with Crippen molar-refractivity contribution in [3.05, 3.63) is 84.4 Å². The van der Waals surface area contributed by atoms with Crippen LogP contribution in [0.2, 0.25) is 0 Å². The van der Waals surface area contributed by atoms with Crippen LogP contribution in [-0.2, 0) is 14.4 Å². The van der Waals surface area contributed by atoms with E-state index in [1.807, 2.05) is 105 Å². The van der Waals surface area contributed by atoms with Gasteiger partial charge in [-0.25, -0.2) is 9.48 Å². The third-order valence-corrected chi connectivity index (χ3v) is 12.1. The summed E-state index contributed by atoms with van der Waals surface area (Å²) in [7, 11) is 1.88. The Hall–Kier alpha value is -6.42. The van der Waals surface area contributed by atoms with Gasteiger partial charge in [-0.3, -0.25) is 34.3 Å². The van der Waals surface area contributed by atoms with Crippen LogP contribution in [0.3, 0.4) is 0 Å². The molecule has 60 heavy (non-hydrogen) atoms. The maximum Gasteiger partial charge on any atom is 0.328 e. The van der Waals surface area contributed by atoms with Crippen LogP contribution in [0.4, 0.5) is 22.0 Å². The molecular weight excluding hydrogens is 765 g/mol. The molecule has 0 unspecified atom stereocenters. The zero-order chi connectivity index (χ0) is 41.8. The van der Waals surface area contributed by atoms with E-state index < -0.39 is 11.9 Å². The van der Waals surface area contributed by atoms with Crippen molar-refractivity contribution in [3.8, 4) is 22.8 Å². The summed E-state index contributed by atoms with van der Waals surface area (Å²) in [6.07, 6.45) is 3.11. The van der Waals surface area contributed by atoms with Crippen LogP contribution in [0, 0.1) is 5.92 Å². The van der Waals surface area contributed by atoms with E-state index in [9.17, 15) is 24.0 Å². The van der Waals surface area contributed by atoms with Crippen molar-refractivity contribution in [1.82, 2.24) is 29.8 Å². The fraction of sp³-hybridized carbons (Fsp3) is 0.409. The second kappa shape index (κ2) is 17.8. The van der Waals surface area contributed by atoms with Crippen LogP contribution in [0.5, 0.6) is 11.5 Å². The average Bonchev–Trinajstić information content (AvgIpc) is 3.67. The molecule has 4 aromatic rings. The highest BCUT2D eigenvalue weighted by Gasteiger charge is 2.36. The minimum atomic E-state index is -0.537. The summed E-state index contributed by atoms with van der Waals surface area (Å²) in [5, 5.41) is 10.7. The summed E-state index contributed by atoms with van der Waals surface area (Å²) in [6.45, 7) is 5.64. The van der Waals surface area contributed by atoms with Crippen molar-refractivity contribution in [1.29, 1.82) is 0 Å². The third-order valence-electron chi connectivity index (χ3n) is 12.1. The summed E-state index contributed by atoms with van der Waals surface area (Å²) in [5.41, 5.74) is 9.39. The molecule has 0 saturated carbocycles. The summed E-state index contributed by atoms with van der Waals surface area (Å²) in [4.78, 5) is 72.6. The van der Waals surface area contributed by atoms with Crippen LogP contribution < -0.4 is 30.9 Å². The van der Waals surface area contributed by atoms with Gasteiger partial charge in [0, 0.05) is 88.7 Å². The van der Waals surface area contributed by atoms with Crippen LogP contribution in [0.25, 0.3) is 11.3 Å². The van der Waals surface area contributed by atoms with E-state index in [0.29, 0.717) is 88.1 Å². The maximum atomic E-state index is 13.4. The first-order valence-electron chi connectivity index (χ1n) is 20.8. The van der Waals surface area contributed by atoms with Gasteiger partial charge in [0.05, 0.1) is 12.6 Å². The predicted octanol–water partition coefficient (Wildman–Crippen LogP) is 4.15. The van der Waals surface area contributed by atoms with Crippen molar-refractivity contribution >= 4 is 46.9 Å². The summed E-state index contributed by atoms with van der Waals surface area (Å²) < 4.78 is 7.91. The number of urea groups is 1. The van der Waals surface area contributed by atoms with E-state index in [-0.39, 0.29) is 42.6 Å². The van der Waals surface area contributed by atoms with Gasteiger partial charge in [-0.15, -0.1) is 0 Å². The summed E-state index contributed by atoms with van der Waals surface area (Å²) in [6, 6.07) is 24.4. The lowest BCUT2D eigenvalue weighted by Gasteiger charge is -2.38. The molecule has 3 fully saturated rings. The molecule has 3 saturated heterocycles. The Kier molecular flexibility index (Phi) is 12.0. The van der Waals surface area contributed by atoms with Crippen molar-refractivity contribution in [2.24, 2.45) is 11.7 Å². The van der Waals surface area contributed by atoms with E-state index in [1.54, 1.807) is 4.90 Å². The quantitative estimate of drug-likeness (QED) is 0.188. The highest BCUT2D eigenvalue weighted by Crippen LogP contribution is 2.40. The predicted molar refractivity (Wildman–Crippen MR) is 227 cm³/mol. The number of benzene rings is 3. The van der Waals surface area contributed by atoms with Gasteiger partial charge in [-0.2, -0.15) is 5.10 Å². The Labute approximate surface area is 349 Å². The number of nitrogens with two attached hydrogens (primary N) is 1. The molecule has 16 heteroatoms. The van der Waals surface area contributed by atoms with E-state index in [4.69, 9.17) is 15.6 Å². The average molecular weight is 817 g/mol. The number of imide groups is 1. The van der Waals surface area contributed by atoms with Gasteiger partial charge < -0.3 is 30.5 Å². The van der Waals surface area contributed by atoms with Crippen molar-refractivity contribution < 1.29 is 28.7 Å². The first-order chi connectivity index (χ1) is 29.1. The van der Waals surface area contributed by atoms with Crippen LogP contribution in [0.15, 0.2) is 78.9 Å². The third kappa shape index (κ3) is 8.93. The number of hydrogen-bond donors (Lipinski definition) is 3. The lowest BCUT2D eigenvalue weighted by Crippen LogP contribution is -2.51. The number of likely N-dealkylation sites (N-methyl/N-ethyl adjacent to an activating group) is 1. The van der Waals surface area contributed by atoms with Gasteiger partial charge in [-0.1, -0.05) is 18.2 Å². The number of carbonyl (C=O) groups excluding carboxylic acids is 5. The number of primary amides is 1. The van der Waals surface area contributed by atoms with Crippen LogP contribution >= 0.6 is 0 Å². The highest BCUT2D eigenvalue weighted by molar-refractivity contribution is 6.06. The first-order valence-corrected chi connectivity index (χ1v) is 20.8. The zero-order valence-electron chi connectivity index (χ0n) is 33.9. The molecule has 4 aliphatic heterocycles. The molecule has 1 aromatic heterocycles. The van der Waals surface area contributed by atoms with E-state index >= 15 is 0 Å². The number of piperazine rings is 1. The number of rotatable bonds is 12. The lowest BCUT2D eigenvalue weighted by atomic mass is 9.86. The molecule has 8 rings (SSSR count).